The molecule has 184 valence electrons. The van der Waals surface area contributed by atoms with Gasteiger partial charge in [0.15, 0.2) is 0 Å². The summed E-state index contributed by atoms with van der Waals surface area (Å²) in [4.78, 5) is 14.2. The van der Waals surface area contributed by atoms with E-state index in [1.807, 2.05) is 97.4 Å². The normalized spacial score (nSPS) is 12.0. The van der Waals surface area contributed by atoms with Crippen molar-refractivity contribution >= 4 is 39.8 Å². The van der Waals surface area contributed by atoms with Crippen LogP contribution in [0.2, 0.25) is 0 Å². The number of methoxy groups -OCH3 is 1. The van der Waals surface area contributed by atoms with Gasteiger partial charge in [0.05, 0.1) is 35.7 Å². The highest BCUT2D eigenvalue weighted by atomic mass is 79.9. The molecule has 0 bridgehead atoms. The van der Waals surface area contributed by atoms with E-state index in [1.54, 1.807) is 13.3 Å². The number of ether oxygens (including phenoxy) is 1. The molecule has 6 nitrogen and oxygen atoms in total. The lowest BCUT2D eigenvalue weighted by Crippen LogP contribution is -2.23. The minimum atomic E-state index is -0.429. The van der Waals surface area contributed by atoms with E-state index >= 15 is 0 Å². The van der Waals surface area contributed by atoms with E-state index < -0.39 is 5.25 Å². The van der Waals surface area contributed by atoms with Crippen molar-refractivity contribution in [1.29, 1.82) is 0 Å². The first-order valence-electron chi connectivity index (χ1n) is 11.4. The molecule has 3 aromatic carbocycles. The number of carbonyl (C=O) groups is 1. The topological polar surface area (TPSA) is 68.5 Å². The maximum absolute atomic E-state index is 13.1. The number of hydrazone groups is 1. The van der Waals surface area contributed by atoms with Crippen LogP contribution in [0.3, 0.4) is 0 Å². The Morgan fingerprint density at radius 2 is 1.81 bits per heavy atom. The third-order valence-electron chi connectivity index (χ3n) is 5.64. The first kappa shape index (κ1) is 25.7. The molecule has 0 saturated carbocycles. The van der Waals surface area contributed by atoms with Crippen molar-refractivity contribution in [3.63, 3.8) is 0 Å². The monoisotopic (exact) mass is 562 g/mol. The minimum Gasteiger partial charge on any atom is -0.496 e. The highest BCUT2D eigenvalue weighted by Gasteiger charge is 2.21. The fraction of sp³-hybridized carbons (Fsp3) is 0.179. The van der Waals surface area contributed by atoms with Gasteiger partial charge in [0.1, 0.15) is 11.0 Å². The maximum atomic E-state index is 13.1. The first-order chi connectivity index (χ1) is 17.5. The number of hydrogen-bond acceptors (Lipinski definition) is 5. The minimum absolute atomic E-state index is 0.187. The number of halogens is 1. The highest BCUT2D eigenvalue weighted by molar-refractivity contribution is 9.10. The van der Waals surface area contributed by atoms with Gasteiger partial charge in [-0.15, -0.1) is 11.8 Å². The average molecular weight is 564 g/mol. The molecular weight excluding hydrogens is 536 g/mol. The lowest BCUT2D eigenvalue weighted by atomic mass is 10.1. The molecule has 0 aliphatic rings. The Morgan fingerprint density at radius 1 is 1.11 bits per heavy atom. The van der Waals surface area contributed by atoms with E-state index in [2.05, 4.69) is 31.6 Å². The van der Waals surface area contributed by atoms with Crippen molar-refractivity contribution in [2.24, 2.45) is 5.10 Å². The van der Waals surface area contributed by atoms with Crippen LogP contribution in [0.25, 0.3) is 0 Å². The molecule has 4 aromatic rings. The SMILES string of the molecule is COc1ccc(C=NNC(=O)C(Sc2ccccc2)c2ccccc2)cc1Cn1nc(C)c(Br)c1C. The Bertz CT molecular complexity index is 1360. The van der Waals surface area contributed by atoms with Gasteiger partial charge in [0.25, 0.3) is 5.91 Å². The number of nitrogens with zero attached hydrogens (tertiary/aromatic N) is 3. The molecule has 0 saturated heterocycles. The molecule has 0 fully saturated rings. The Kier molecular flexibility index (Phi) is 8.61. The van der Waals surface area contributed by atoms with E-state index in [4.69, 9.17) is 4.74 Å². The molecular formula is C28H27BrN4O2S. The second-order valence-electron chi connectivity index (χ2n) is 8.17. The lowest BCUT2D eigenvalue weighted by Gasteiger charge is -2.15. The summed E-state index contributed by atoms with van der Waals surface area (Å²) >= 11 is 5.08. The Labute approximate surface area is 223 Å². The van der Waals surface area contributed by atoms with Crippen molar-refractivity contribution in [3.05, 3.63) is 111 Å². The van der Waals surface area contributed by atoms with Gasteiger partial charge in [-0.25, -0.2) is 5.43 Å². The fourth-order valence-electron chi connectivity index (χ4n) is 3.76. The fourth-order valence-corrected chi connectivity index (χ4v) is 5.08. The molecule has 8 heteroatoms. The summed E-state index contributed by atoms with van der Waals surface area (Å²) < 4.78 is 8.50. The number of nitrogens with one attached hydrogen (secondary N) is 1. The molecule has 36 heavy (non-hydrogen) atoms. The second-order valence-corrected chi connectivity index (χ2v) is 10.1. The van der Waals surface area contributed by atoms with Crippen LogP contribution in [0.5, 0.6) is 5.75 Å². The molecule has 1 amide bonds. The predicted octanol–water partition coefficient (Wildman–Crippen LogP) is 6.30. The summed E-state index contributed by atoms with van der Waals surface area (Å²) in [6, 6.07) is 25.4. The van der Waals surface area contributed by atoms with Crippen LogP contribution in [0.1, 0.15) is 33.3 Å². The van der Waals surface area contributed by atoms with Gasteiger partial charge in [0.2, 0.25) is 0 Å². The highest BCUT2D eigenvalue weighted by Crippen LogP contribution is 2.35. The van der Waals surface area contributed by atoms with Gasteiger partial charge in [-0.1, -0.05) is 48.5 Å². The van der Waals surface area contributed by atoms with Crippen molar-refractivity contribution < 1.29 is 9.53 Å². The van der Waals surface area contributed by atoms with Crippen LogP contribution in [0.15, 0.2) is 93.3 Å². The van der Waals surface area contributed by atoms with Gasteiger partial charge < -0.3 is 4.74 Å². The van der Waals surface area contributed by atoms with Gasteiger partial charge >= 0.3 is 0 Å². The number of rotatable bonds is 9. The number of aryl methyl sites for hydroxylation is 1. The molecule has 1 heterocycles. The molecule has 1 atom stereocenters. The molecule has 0 aliphatic carbocycles. The van der Waals surface area contributed by atoms with Gasteiger partial charge in [-0.3, -0.25) is 9.48 Å². The molecule has 0 spiro atoms. The van der Waals surface area contributed by atoms with Crippen molar-refractivity contribution in [2.45, 2.75) is 30.5 Å². The zero-order valence-corrected chi connectivity index (χ0v) is 22.7. The van der Waals surface area contributed by atoms with Crippen molar-refractivity contribution in [1.82, 2.24) is 15.2 Å². The summed E-state index contributed by atoms with van der Waals surface area (Å²) in [6.07, 6.45) is 1.65. The van der Waals surface area contributed by atoms with E-state index in [9.17, 15) is 4.79 Å². The summed E-state index contributed by atoms with van der Waals surface area (Å²) in [5, 5.41) is 8.43. The zero-order valence-electron chi connectivity index (χ0n) is 20.3. The van der Waals surface area contributed by atoms with Crippen molar-refractivity contribution in [2.75, 3.05) is 7.11 Å². The standard InChI is InChI=1S/C28H27BrN4O2S/c1-19-26(29)20(2)33(32-19)18-23-16-21(14-15-25(23)35-3)17-30-31-28(34)27(22-10-6-4-7-11-22)36-24-12-8-5-9-13-24/h4-17,27H,18H2,1-3H3,(H,31,34). The smallest absolute Gasteiger partial charge is 0.258 e. The van der Waals surface area contributed by atoms with Crippen molar-refractivity contribution in [3.8, 4) is 5.75 Å². The van der Waals surface area contributed by atoms with E-state index in [0.29, 0.717) is 6.54 Å². The largest absolute Gasteiger partial charge is 0.496 e. The maximum Gasteiger partial charge on any atom is 0.258 e. The Hall–Kier alpha value is -3.36. The van der Waals surface area contributed by atoms with E-state index in [-0.39, 0.29) is 5.91 Å². The van der Waals surface area contributed by atoms with Crippen LogP contribution in [-0.4, -0.2) is 29.0 Å². The zero-order chi connectivity index (χ0) is 25.5. The molecule has 1 N–H and O–H groups in total. The Balaban J connectivity index is 1.50. The number of carbonyl (C=O) groups excluding carboxylic acids is 1. The van der Waals surface area contributed by atoms with Crippen LogP contribution < -0.4 is 10.2 Å². The lowest BCUT2D eigenvalue weighted by molar-refractivity contribution is -0.120. The number of hydrogen-bond donors (Lipinski definition) is 1. The van der Waals surface area contributed by atoms with E-state index in [1.165, 1.54) is 11.8 Å². The second kappa shape index (κ2) is 12.1. The van der Waals surface area contributed by atoms with Crippen LogP contribution in [0.4, 0.5) is 0 Å². The predicted molar refractivity (Wildman–Crippen MR) is 149 cm³/mol. The van der Waals surface area contributed by atoms with Crippen LogP contribution in [0, 0.1) is 13.8 Å². The summed E-state index contributed by atoms with van der Waals surface area (Å²) in [5.41, 5.74) is 7.44. The third kappa shape index (κ3) is 6.25. The van der Waals surface area contributed by atoms with Gasteiger partial charge in [0, 0.05) is 10.5 Å². The number of benzene rings is 3. The number of aromatic nitrogens is 2. The molecule has 1 unspecified atom stereocenters. The first-order valence-corrected chi connectivity index (χ1v) is 13.1. The van der Waals surface area contributed by atoms with E-state index in [0.717, 1.165) is 43.2 Å². The van der Waals surface area contributed by atoms with Gasteiger partial charge in [-0.2, -0.15) is 10.2 Å². The Morgan fingerprint density at radius 3 is 2.44 bits per heavy atom. The molecule has 1 aromatic heterocycles. The summed E-state index contributed by atoms with van der Waals surface area (Å²) in [7, 11) is 1.65. The summed E-state index contributed by atoms with van der Waals surface area (Å²) in [6.45, 7) is 4.54. The molecule has 0 aliphatic heterocycles. The number of amides is 1. The van der Waals surface area contributed by atoms with Crippen LogP contribution in [-0.2, 0) is 11.3 Å². The summed E-state index contributed by atoms with van der Waals surface area (Å²) in [5.74, 6) is 0.579. The molecule has 0 radical (unpaired) electrons. The third-order valence-corrected chi connectivity index (χ3v) is 8.06. The van der Waals surface area contributed by atoms with Gasteiger partial charge in [-0.05, 0) is 71.2 Å². The number of thioether (sulfide) groups is 1. The quantitative estimate of drug-likeness (QED) is 0.147. The van der Waals surface area contributed by atoms with Crippen LogP contribution >= 0.6 is 27.7 Å². The average Bonchev–Trinajstić information content (AvgIpc) is 3.14. The molecule has 4 rings (SSSR count).